The summed E-state index contributed by atoms with van der Waals surface area (Å²) < 4.78 is 20.0. The molecule has 2 aliphatic heterocycles. The van der Waals surface area contributed by atoms with E-state index in [2.05, 4.69) is 5.32 Å². The molecule has 2 N–H and O–H groups in total. The number of carbonyl (C=O) groups is 4. The molecule has 2 aliphatic rings. The summed E-state index contributed by atoms with van der Waals surface area (Å²) >= 11 is 0. The van der Waals surface area contributed by atoms with E-state index in [1.807, 2.05) is 0 Å². The average Bonchev–Trinajstić information content (AvgIpc) is 3.11. The van der Waals surface area contributed by atoms with Gasteiger partial charge in [0.05, 0.1) is 24.5 Å². The molecule has 3 amide bonds. The summed E-state index contributed by atoms with van der Waals surface area (Å²) in [4.78, 5) is 50.2. The van der Waals surface area contributed by atoms with Gasteiger partial charge in [-0.15, -0.1) is 0 Å². The number of cyclic esters (lactones) is 1. The number of ether oxygens (including phenoxy) is 1. The molecule has 2 fully saturated rings. The molecule has 0 radical (unpaired) electrons. The van der Waals surface area contributed by atoms with Crippen molar-refractivity contribution in [3.05, 3.63) is 36.2 Å². The first-order valence-electron chi connectivity index (χ1n) is 9.71. The molecule has 12 heteroatoms. The second kappa shape index (κ2) is 11.3. The van der Waals surface area contributed by atoms with Crippen molar-refractivity contribution in [2.75, 3.05) is 49.1 Å². The fraction of sp³-hybridized carbons (Fsp3) is 0.400. The standard InChI is InChI=1S/C20H23FN4O6.Na.H/c1-13(26)22-11-15-12-25(20(30)31-15)14-2-3-17(16(21)10-14)23-6-8-24(9-7-23)18(27)4-5-19(28)29;;/h2-5,10,15H,6-9,11-12H2,1H3,(H,22,26)(H,28,29);;/q;+1;-1. The van der Waals surface area contributed by atoms with Gasteiger partial charge in [0, 0.05) is 45.3 Å². The smallest absolute Gasteiger partial charge is 1.00 e. The first-order chi connectivity index (χ1) is 14.7. The number of anilines is 2. The second-order valence-corrected chi connectivity index (χ2v) is 7.17. The van der Waals surface area contributed by atoms with Gasteiger partial charge in [0.2, 0.25) is 11.8 Å². The molecule has 2 heterocycles. The number of carbonyl (C=O) groups excluding carboxylic acids is 3. The van der Waals surface area contributed by atoms with Crippen molar-refractivity contribution in [2.24, 2.45) is 0 Å². The van der Waals surface area contributed by atoms with Crippen LogP contribution in [0.15, 0.2) is 30.4 Å². The number of rotatable bonds is 6. The number of carboxylic acid groups (broad SMARTS) is 1. The summed E-state index contributed by atoms with van der Waals surface area (Å²) in [6.07, 6.45) is 0.669. The minimum absolute atomic E-state index is 0. The van der Waals surface area contributed by atoms with Gasteiger partial charge in [-0.25, -0.2) is 14.0 Å². The van der Waals surface area contributed by atoms with Crippen molar-refractivity contribution in [2.45, 2.75) is 13.0 Å². The molecule has 2 saturated heterocycles. The Kier molecular flexibility index (Phi) is 9.05. The molecule has 1 aromatic rings. The van der Waals surface area contributed by atoms with Gasteiger partial charge in [-0.3, -0.25) is 14.5 Å². The Morgan fingerprint density at radius 2 is 1.94 bits per heavy atom. The van der Waals surface area contributed by atoms with Crippen LogP contribution < -0.4 is 44.7 Å². The van der Waals surface area contributed by atoms with E-state index in [1.165, 1.54) is 22.8 Å². The van der Waals surface area contributed by atoms with E-state index in [-0.39, 0.29) is 50.0 Å². The van der Waals surface area contributed by atoms with Crippen LogP contribution in [0.2, 0.25) is 0 Å². The van der Waals surface area contributed by atoms with E-state index in [0.717, 1.165) is 12.2 Å². The number of hydrogen-bond donors (Lipinski definition) is 2. The van der Waals surface area contributed by atoms with E-state index >= 15 is 0 Å². The van der Waals surface area contributed by atoms with Crippen LogP contribution in [0.25, 0.3) is 0 Å². The van der Waals surface area contributed by atoms with Gasteiger partial charge in [-0.05, 0) is 18.2 Å². The first-order valence-corrected chi connectivity index (χ1v) is 9.71. The number of hydrogen-bond acceptors (Lipinski definition) is 6. The summed E-state index contributed by atoms with van der Waals surface area (Å²) in [6.45, 7) is 3.16. The molecule has 0 saturated carbocycles. The molecule has 10 nitrogen and oxygen atoms in total. The van der Waals surface area contributed by atoms with Crippen molar-refractivity contribution in [3.63, 3.8) is 0 Å². The molecule has 1 unspecified atom stereocenters. The van der Waals surface area contributed by atoms with Crippen LogP contribution in [0.3, 0.4) is 0 Å². The van der Waals surface area contributed by atoms with E-state index in [9.17, 15) is 23.6 Å². The normalized spacial score (nSPS) is 18.4. The molecule has 0 aromatic heterocycles. The summed E-state index contributed by atoms with van der Waals surface area (Å²) in [6, 6.07) is 4.44. The number of carboxylic acids is 1. The maximum atomic E-state index is 14.8. The van der Waals surface area contributed by atoms with Crippen molar-refractivity contribution in [3.8, 4) is 0 Å². The van der Waals surface area contributed by atoms with Gasteiger partial charge >= 0.3 is 41.6 Å². The van der Waals surface area contributed by atoms with Gasteiger partial charge in [-0.1, -0.05) is 0 Å². The molecule has 1 atom stereocenters. The number of benzene rings is 1. The molecule has 0 aliphatic carbocycles. The Hall–Kier alpha value is -2.63. The van der Waals surface area contributed by atoms with Crippen LogP contribution >= 0.6 is 0 Å². The topological polar surface area (TPSA) is 119 Å². The number of nitrogens with zero attached hydrogens (tertiary/aromatic N) is 3. The van der Waals surface area contributed by atoms with E-state index in [4.69, 9.17) is 9.84 Å². The Balaban J connectivity index is 0.00000272. The molecular formula is C20H24FN4NaO6. The van der Waals surface area contributed by atoms with Crippen LogP contribution in [0.5, 0.6) is 0 Å². The van der Waals surface area contributed by atoms with Crippen LogP contribution in [0.1, 0.15) is 8.35 Å². The molecule has 3 rings (SSSR count). The third-order valence-corrected chi connectivity index (χ3v) is 5.00. The number of piperazine rings is 1. The third-order valence-electron chi connectivity index (χ3n) is 5.00. The number of nitrogens with one attached hydrogen (secondary N) is 1. The van der Waals surface area contributed by atoms with Gasteiger partial charge < -0.3 is 26.4 Å². The van der Waals surface area contributed by atoms with Crippen LogP contribution in [-0.4, -0.2) is 79.3 Å². The minimum atomic E-state index is -1.20. The summed E-state index contributed by atoms with van der Waals surface area (Å²) in [5.74, 6) is -2.34. The van der Waals surface area contributed by atoms with Crippen molar-refractivity contribution in [1.29, 1.82) is 0 Å². The predicted octanol–water partition coefficient (Wildman–Crippen LogP) is -2.31. The van der Waals surface area contributed by atoms with Crippen molar-refractivity contribution < 1.29 is 64.4 Å². The molecule has 1 aromatic carbocycles. The van der Waals surface area contributed by atoms with Crippen molar-refractivity contribution >= 4 is 35.3 Å². The Bertz CT molecular complexity index is 926. The zero-order valence-corrected chi connectivity index (χ0v) is 19.9. The third kappa shape index (κ3) is 6.44. The largest absolute Gasteiger partial charge is 1.00 e. The summed E-state index contributed by atoms with van der Waals surface area (Å²) in [5.41, 5.74) is 0.698. The fourth-order valence-corrected chi connectivity index (χ4v) is 3.43. The number of amides is 3. The van der Waals surface area contributed by atoms with Crippen LogP contribution in [0, 0.1) is 5.82 Å². The quantitative estimate of drug-likeness (QED) is 0.363. The maximum Gasteiger partial charge on any atom is 1.00 e. The van der Waals surface area contributed by atoms with E-state index in [1.54, 1.807) is 17.0 Å². The zero-order chi connectivity index (χ0) is 22.5. The summed E-state index contributed by atoms with van der Waals surface area (Å²) in [7, 11) is 0. The van der Waals surface area contributed by atoms with Gasteiger partial charge in [0.1, 0.15) is 11.9 Å². The second-order valence-electron chi connectivity index (χ2n) is 7.17. The molecular weight excluding hydrogens is 434 g/mol. The minimum Gasteiger partial charge on any atom is -1.00 e. The van der Waals surface area contributed by atoms with Crippen LogP contribution in [0.4, 0.5) is 20.6 Å². The first kappa shape index (κ1) is 25.6. The predicted molar refractivity (Wildman–Crippen MR) is 109 cm³/mol. The number of aliphatic carboxylic acids is 1. The fourth-order valence-electron chi connectivity index (χ4n) is 3.43. The zero-order valence-electron chi connectivity index (χ0n) is 18.9. The van der Waals surface area contributed by atoms with Gasteiger partial charge in [0.15, 0.2) is 0 Å². The van der Waals surface area contributed by atoms with Gasteiger partial charge in [-0.2, -0.15) is 0 Å². The van der Waals surface area contributed by atoms with Crippen LogP contribution in [-0.2, 0) is 19.1 Å². The Morgan fingerprint density at radius 1 is 1.25 bits per heavy atom. The maximum absolute atomic E-state index is 14.8. The summed E-state index contributed by atoms with van der Waals surface area (Å²) in [5, 5.41) is 11.2. The number of halogens is 1. The average molecular weight is 458 g/mol. The van der Waals surface area contributed by atoms with Gasteiger partial charge in [0.25, 0.3) is 0 Å². The van der Waals surface area contributed by atoms with E-state index < -0.39 is 29.9 Å². The molecule has 32 heavy (non-hydrogen) atoms. The van der Waals surface area contributed by atoms with E-state index in [0.29, 0.717) is 37.6 Å². The Morgan fingerprint density at radius 3 is 2.53 bits per heavy atom. The molecule has 0 bridgehead atoms. The SMILES string of the molecule is CC(=O)NCC1CN(c2ccc(N3CCN(C(=O)C=CC(=O)O)CC3)c(F)c2)C(=O)O1.[H-].[Na+]. The monoisotopic (exact) mass is 458 g/mol. The Labute approximate surface area is 207 Å². The van der Waals surface area contributed by atoms with Crippen molar-refractivity contribution in [1.82, 2.24) is 10.2 Å². The molecule has 168 valence electrons. The molecule has 0 spiro atoms.